The molecule has 2 aliphatic rings. The van der Waals surface area contributed by atoms with Gasteiger partial charge in [-0.1, -0.05) is 26.0 Å². The molecule has 0 aromatic carbocycles. The maximum atomic E-state index is 14.7. The van der Waals surface area contributed by atoms with Crippen LogP contribution in [-0.2, 0) is 13.0 Å². The van der Waals surface area contributed by atoms with Gasteiger partial charge in [0, 0.05) is 49.1 Å². The first kappa shape index (κ1) is 23.3. The molecule has 3 N–H and O–H groups in total. The highest BCUT2D eigenvalue weighted by atomic mass is 19.1. The van der Waals surface area contributed by atoms with Crippen LogP contribution in [-0.4, -0.2) is 45.7 Å². The number of nitrogens with zero attached hydrogens (tertiary/aromatic N) is 5. The van der Waals surface area contributed by atoms with Crippen molar-refractivity contribution >= 4 is 23.1 Å². The zero-order chi connectivity index (χ0) is 24.2. The summed E-state index contributed by atoms with van der Waals surface area (Å²) in [6.45, 7) is 5.96. The number of halogens is 1. The van der Waals surface area contributed by atoms with Gasteiger partial charge in [0.1, 0.15) is 11.5 Å². The second kappa shape index (κ2) is 9.93. The van der Waals surface area contributed by atoms with Crippen molar-refractivity contribution in [2.45, 2.75) is 26.8 Å². The van der Waals surface area contributed by atoms with Gasteiger partial charge in [0.15, 0.2) is 5.82 Å². The molecular formula is C25H27FN8. The van der Waals surface area contributed by atoms with Gasteiger partial charge in [0.05, 0.1) is 24.5 Å². The smallest absolute Gasteiger partial charge is 0.229 e. The Bertz CT molecular complexity index is 1250. The Morgan fingerprint density at radius 2 is 2.12 bits per heavy atom. The van der Waals surface area contributed by atoms with E-state index in [0.717, 1.165) is 36.1 Å². The summed E-state index contributed by atoms with van der Waals surface area (Å²) in [6, 6.07) is 6.01. The summed E-state index contributed by atoms with van der Waals surface area (Å²) in [6.07, 6.45) is 7.03. The fourth-order valence-corrected chi connectivity index (χ4v) is 4.17. The van der Waals surface area contributed by atoms with Crippen molar-refractivity contribution in [2.24, 2.45) is 5.92 Å². The lowest BCUT2D eigenvalue weighted by molar-refractivity contribution is 0.282. The molecule has 0 spiro atoms. The van der Waals surface area contributed by atoms with Gasteiger partial charge in [-0.2, -0.15) is 5.26 Å². The van der Waals surface area contributed by atoms with E-state index in [1.54, 1.807) is 18.2 Å². The van der Waals surface area contributed by atoms with Gasteiger partial charge in [-0.3, -0.25) is 4.90 Å². The van der Waals surface area contributed by atoms with E-state index in [1.165, 1.54) is 0 Å². The quantitative estimate of drug-likeness (QED) is 0.565. The molecule has 1 aliphatic carbocycles. The van der Waals surface area contributed by atoms with Gasteiger partial charge in [-0.05, 0) is 29.7 Å². The molecule has 0 unspecified atom stereocenters. The third-order valence-electron chi connectivity index (χ3n) is 5.84. The van der Waals surface area contributed by atoms with E-state index in [1.807, 2.05) is 33.0 Å². The van der Waals surface area contributed by atoms with E-state index >= 15 is 0 Å². The molecule has 2 aromatic rings. The molecule has 0 radical (unpaired) electrons. The molecule has 2 aromatic heterocycles. The van der Waals surface area contributed by atoms with Gasteiger partial charge in [0.25, 0.3) is 0 Å². The van der Waals surface area contributed by atoms with Gasteiger partial charge >= 0.3 is 0 Å². The lowest BCUT2D eigenvalue weighted by Crippen LogP contribution is -2.31. The molecule has 8 nitrogen and oxygen atoms in total. The Balaban J connectivity index is 1.61. The van der Waals surface area contributed by atoms with Crippen LogP contribution in [0.5, 0.6) is 0 Å². The minimum Gasteiger partial charge on any atom is -0.391 e. The minimum absolute atomic E-state index is 0.156. The predicted octanol–water partition coefficient (Wildman–Crippen LogP) is 3.74. The maximum Gasteiger partial charge on any atom is 0.229 e. The monoisotopic (exact) mass is 458 g/mol. The molecular weight excluding hydrogens is 431 g/mol. The lowest BCUT2D eigenvalue weighted by atomic mass is 9.93. The summed E-state index contributed by atoms with van der Waals surface area (Å²) in [7, 11) is 1.82. The Morgan fingerprint density at radius 1 is 1.29 bits per heavy atom. The van der Waals surface area contributed by atoms with Crippen molar-refractivity contribution in [1.82, 2.24) is 25.2 Å². The number of fused-ring (bicyclic) bond motifs is 1. The van der Waals surface area contributed by atoms with Crippen LogP contribution in [0.4, 0.5) is 16.2 Å². The Kier molecular flexibility index (Phi) is 6.80. The highest BCUT2D eigenvalue weighted by Gasteiger charge is 2.20. The van der Waals surface area contributed by atoms with E-state index in [4.69, 9.17) is 10.7 Å². The van der Waals surface area contributed by atoms with Crippen molar-refractivity contribution in [3.63, 3.8) is 0 Å². The normalized spacial score (nSPS) is 17.2. The largest absolute Gasteiger partial charge is 0.391 e. The van der Waals surface area contributed by atoms with Crippen molar-refractivity contribution in [1.29, 1.82) is 10.7 Å². The van der Waals surface area contributed by atoms with E-state index in [-0.39, 0.29) is 17.6 Å². The fraction of sp³-hybridized carbons (Fsp3) is 0.320. The topological polar surface area (TPSA) is 114 Å². The van der Waals surface area contributed by atoms with Crippen LogP contribution in [0.1, 0.15) is 30.8 Å². The van der Waals surface area contributed by atoms with Crippen molar-refractivity contribution in [3.8, 4) is 6.07 Å². The minimum atomic E-state index is -0.541. The van der Waals surface area contributed by atoms with Crippen LogP contribution in [0, 0.1) is 28.5 Å². The molecule has 0 bridgehead atoms. The van der Waals surface area contributed by atoms with Crippen molar-refractivity contribution < 1.29 is 4.39 Å². The molecule has 0 saturated heterocycles. The Morgan fingerprint density at radius 3 is 2.85 bits per heavy atom. The number of hydrogen-bond acceptors (Lipinski definition) is 8. The summed E-state index contributed by atoms with van der Waals surface area (Å²) < 4.78 is 14.7. The van der Waals surface area contributed by atoms with Crippen LogP contribution >= 0.6 is 0 Å². The van der Waals surface area contributed by atoms with Crippen LogP contribution in [0.15, 0.2) is 47.8 Å². The number of pyridine rings is 1. The average Bonchev–Trinajstić information content (AvgIpc) is 2.82. The highest BCUT2D eigenvalue weighted by Crippen LogP contribution is 2.28. The fourth-order valence-electron chi connectivity index (χ4n) is 4.17. The summed E-state index contributed by atoms with van der Waals surface area (Å²) >= 11 is 0. The number of nitrogens with one attached hydrogen (secondary N) is 3. The SMILES string of the molecule is CN/C(=C1/C=C(c2nc(Nc3ccc4c(n3)CCN(CC#N)C4)ncc2F)C=CC1=N)C(C)C. The molecule has 4 rings (SSSR count). The number of rotatable bonds is 6. The Labute approximate surface area is 198 Å². The number of aromatic nitrogens is 3. The van der Waals surface area contributed by atoms with Gasteiger partial charge in [-0.25, -0.2) is 19.3 Å². The van der Waals surface area contributed by atoms with Crippen LogP contribution in [0.25, 0.3) is 5.57 Å². The third kappa shape index (κ3) is 4.87. The molecule has 3 heterocycles. The first-order chi connectivity index (χ1) is 16.4. The molecule has 0 amide bonds. The third-order valence-corrected chi connectivity index (χ3v) is 5.84. The van der Waals surface area contributed by atoms with E-state index in [0.29, 0.717) is 35.8 Å². The molecule has 34 heavy (non-hydrogen) atoms. The Hall–Kier alpha value is -3.90. The van der Waals surface area contributed by atoms with Crippen LogP contribution in [0.3, 0.4) is 0 Å². The molecule has 174 valence electrons. The molecule has 0 atom stereocenters. The lowest BCUT2D eigenvalue weighted by Gasteiger charge is -2.26. The van der Waals surface area contributed by atoms with Gasteiger partial charge in [0.2, 0.25) is 5.95 Å². The van der Waals surface area contributed by atoms with Crippen molar-refractivity contribution in [2.75, 3.05) is 25.5 Å². The summed E-state index contributed by atoms with van der Waals surface area (Å²) in [5.41, 5.74) is 4.77. The van der Waals surface area contributed by atoms with Crippen molar-refractivity contribution in [3.05, 3.63) is 70.6 Å². The zero-order valence-electron chi connectivity index (χ0n) is 19.5. The van der Waals surface area contributed by atoms with Gasteiger partial charge < -0.3 is 16.0 Å². The second-order valence-corrected chi connectivity index (χ2v) is 8.51. The molecule has 0 saturated carbocycles. The molecule has 0 fully saturated rings. The summed E-state index contributed by atoms with van der Waals surface area (Å²) in [4.78, 5) is 15.3. The average molecular weight is 459 g/mol. The van der Waals surface area contributed by atoms with E-state index in [9.17, 15) is 4.39 Å². The standard InChI is InChI=1S/C25H27FN8/c1-15(2)23(29-3)18-12-16(4-6-20(18)28)24-19(26)13-30-25(33-24)32-22-7-5-17-14-34(11-9-27)10-8-21(17)31-22/h4-7,12-13,15,28-29H,8,10-11,14H2,1-3H3,(H,30,31,32,33)/b23-18-,28-20?. The molecule has 9 heteroatoms. The highest BCUT2D eigenvalue weighted by molar-refractivity contribution is 6.13. The summed E-state index contributed by atoms with van der Waals surface area (Å²) in [5, 5.41) is 23.5. The number of hydrogen-bond donors (Lipinski definition) is 3. The first-order valence-electron chi connectivity index (χ1n) is 11.2. The van der Waals surface area contributed by atoms with Crippen LogP contribution < -0.4 is 10.6 Å². The second-order valence-electron chi connectivity index (χ2n) is 8.51. The van der Waals surface area contributed by atoms with Gasteiger partial charge in [-0.15, -0.1) is 0 Å². The predicted molar refractivity (Wildman–Crippen MR) is 130 cm³/mol. The number of nitriles is 1. The van der Waals surface area contributed by atoms with E-state index in [2.05, 4.69) is 36.6 Å². The first-order valence-corrected chi connectivity index (χ1v) is 11.2. The number of allylic oxidation sites excluding steroid dienone is 6. The zero-order valence-corrected chi connectivity index (χ0v) is 19.5. The molecule has 1 aliphatic heterocycles. The van der Waals surface area contributed by atoms with E-state index < -0.39 is 5.82 Å². The maximum absolute atomic E-state index is 14.7. The summed E-state index contributed by atoms with van der Waals surface area (Å²) in [5.74, 6) is 0.460. The van der Waals surface area contributed by atoms with Crippen LogP contribution in [0.2, 0.25) is 0 Å². The number of anilines is 2.